The average molecular weight is 571 g/mol. The molecule has 3 amide bonds. The maximum Gasteiger partial charge on any atom is 0.417 e. The van der Waals surface area contributed by atoms with E-state index in [1.54, 1.807) is 17.9 Å². The van der Waals surface area contributed by atoms with Gasteiger partial charge in [0.25, 0.3) is 5.91 Å². The molecule has 2 aromatic rings. The molecule has 2 fully saturated rings. The summed E-state index contributed by atoms with van der Waals surface area (Å²) in [7, 11) is 0. The Morgan fingerprint density at radius 3 is 2.33 bits per heavy atom. The molecule has 2 atom stereocenters. The minimum Gasteiger partial charge on any atom is -0.465 e. The molecular formula is C26H27ClF4N4O4. The molecule has 4 rings (SSSR count). The third-order valence-corrected chi connectivity index (χ3v) is 7.71. The Hall–Kier alpha value is -3.41. The second-order valence-corrected chi connectivity index (χ2v) is 10.1. The van der Waals surface area contributed by atoms with Gasteiger partial charge in [0.05, 0.1) is 16.6 Å². The van der Waals surface area contributed by atoms with Crippen molar-refractivity contribution < 1.29 is 37.1 Å². The molecule has 0 radical (unpaired) electrons. The first-order valence-corrected chi connectivity index (χ1v) is 12.8. The van der Waals surface area contributed by atoms with Gasteiger partial charge >= 0.3 is 12.3 Å². The number of rotatable bonds is 5. The summed E-state index contributed by atoms with van der Waals surface area (Å²) < 4.78 is 52.6. The van der Waals surface area contributed by atoms with E-state index in [1.807, 2.05) is 0 Å². The number of carboxylic acid groups (broad SMARTS) is 1. The van der Waals surface area contributed by atoms with Crippen LogP contribution >= 0.6 is 11.6 Å². The van der Waals surface area contributed by atoms with Crippen LogP contribution in [-0.4, -0.2) is 81.5 Å². The molecule has 2 saturated heterocycles. The lowest BCUT2D eigenvalue weighted by molar-refractivity contribution is -0.138. The zero-order valence-corrected chi connectivity index (χ0v) is 21.8. The van der Waals surface area contributed by atoms with Gasteiger partial charge < -0.3 is 19.8 Å². The number of alkyl halides is 3. The first kappa shape index (κ1) is 28.6. The highest BCUT2D eigenvalue weighted by Gasteiger charge is 2.43. The van der Waals surface area contributed by atoms with Crippen LogP contribution in [0.2, 0.25) is 5.02 Å². The van der Waals surface area contributed by atoms with E-state index in [4.69, 9.17) is 11.6 Å². The molecule has 210 valence electrons. The minimum absolute atomic E-state index is 0.0559. The van der Waals surface area contributed by atoms with Crippen molar-refractivity contribution in [3.8, 4) is 0 Å². The van der Waals surface area contributed by atoms with E-state index >= 15 is 0 Å². The van der Waals surface area contributed by atoms with Crippen LogP contribution in [0.3, 0.4) is 0 Å². The first-order valence-electron chi connectivity index (χ1n) is 12.5. The quantitative estimate of drug-likeness (QED) is 0.524. The lowest BCUT2D eigenvalue weighted by Gasteiger charge is -2.33. The molecule has 13 heteroatoms. The van der Waals surface area contributed by atoms with Crippen molar-refractivity contribution in [3.63, 3.8) is 0 Å². The van der Waals surface area contributed by atoms with E-state index in [9.17, 15) is 37.1 Å². The molecule has 0 aliphatic carbocycles. The Bertz CT molecular complexity index is 1240. The second kappa shape index (κ2) is 11.4. The van der Waals surface area contributed by atoms with Crippen LogP contribution in [0.1, 0.15) is 47.3 Å². The number of carbonyl (C=O) groups is 3. The van der Waals surface area contributed by atoms with Crippen LogP contribution in [0.15, 0.2) is 36.5 Å². The highest BCUT2D eigenvalue weighted by atomic mass is 35.5. The SMILES string of the molecule is CCN(C(=O)O)[C@@H]1CN(C(=O)C2CCN(C(=O)c3ccc(C(F)(F)F)cn3)CC2)C[C@H]1c1ccc(Cl)c(F)c1. The van der Waals surface area contributed by atoms with Gasteiger partial charge in [-0.05, 0) is 49.6 Å². The number of hydrogen-bond acceptors (Lipinski definition) is 4. The van der Waals surface area contributed by atoms with Crippen molar-refractivity contribution in [1.82, 2.24) is 19.7 Å². The Morgan fingerprint density at radius 1 is 1.10 bits per heavy atom. The number of aromatic nitrogens is 1. The highest BCUT2D eigenvalue weighted by Crippen LogP contribution is 2.35. The molecule has 0 spiro atoms. The number of nitrogens with zero attached hydrogens (tertiary/aromatic N) is 4. The van der Waals surface area contributed by atoms with Gasteiger partial charge in [-0.25, -0.2) is 9.18 Å². The molecule has 0 bridgehead atoms. The van der Waals surface area contributed by atoms with E-state index in [0.717, 1.165) is 12.1 Å². The number of amides is 3. The van der Waals surface area contributed by atoms with E-state index in [2.05, 4.69) is 4.98 Å². The zero-order valence-electron chi connectivity index (χ0n) is 21.0. The smallest absolute Gasteiger partial charge is 0.417 e. The molecule has 1 N–H and O–H groups in total. The molecule has 0 unspecified atom stereocenters. The number of likely N-dealkylation sites (N-methyl/N-ethyl adjacent to an activating group) is 1. The van der Waals surface area contributed by atoms with Gasteiger partial charge in [0, 0.05) is 50.8 Å². The van der Waals surface area contributed by atoms with Gasteiger partial charge in [0.2, 0.25) is 5.91 Å². The van der Waals surface area contributed by atoms with E-state index in [1.165, 1.54) is 21.9 Å². The van der Waals surface area contributed by atoms with Gasteiger partial charge in [-0.1, -0.05) is 17.7 Å². The van der Waals surface area contributed by atoms with Crippen LogP contribution in [0, 0.1) is 11.7 Å². The molecule has 2 aliphatic heterocycles. The number of pyridine rings is 1. The summed E-state index contributed by atoms with van der Waals surface area (Å²) in [6.45, 7) is 2.66. The van der Waals surface area contributed by atoms with Gasteiger partial charge in [0.1, 0.15) is 11.5 Å². The number of benzene rings is 1. The molecule has 1 aromatic heterocycles. The largest absolute Gasteiger partial charge is 0.465 e. The maximum absolute atomic E-state index is 14.2. The van der Waals surface area contributed by atoms with Crippen LogP contribution < -0.4 is 0 Å². The fourth-order valence-corrected chi connectivity index (χ4v) is 5.42. The molecule has 2 aliphatic rings. The maximum atomic E-state index is 14.2. The molecule has 39 heavy (non-hydrogen) atoms. The topological polar surface area (TPSA) is 94.0 Å². The first-order chi connectivity index (χ1) is 18.4. The highest BCUT2D eigenvalue weighted by molar-refractivity contribution is 6.30. The van der Waals surface area contributed by atoms with Crippen LogP contribution in [-0.2, 0) is 11.0 Å². The average Bonchev–Trinajstić information content (AvgIpc) is 3.34. The normalized spacial score (nSPS) is 20.3. The molecular weight excluding hydrogens is 544 g/mol. The van der Waals surface area contributed by atoms with Gasteiger partial charge in [0.15, 0.2) is 0 Å². The number of halogens is 5. The van der Waals surface area contributed by atoms with Crippen molar-refractivity contribution in [2.24, 2.45) is 5.92 Å². The van der Waals surface area contributed by atoms with Crippen LogP contribution in [0.25, 0.3) is 0 Å². The fraction of sp³-hybridized carbons (Fsp3) is 0.462. The third kappa shape index (κ3) is 6.10. The van der Waals surface area contributed by atoms with Crippen molar-refractivity contribution in [3.05, 3.63) is 64.2 Å². The van der Waals surface area contributed by atoms with Gasteiger partial charge in [-0.3, -0.25) is 14.6 Å². The minimum atomic E-state index is -4.55. The monoisotopic (exact) mass is 570 g/mol. The molecule has 1 aromatic carbocycles. The summed E-state index contributed by atoms with van der Waals surface area (Å²) in [4.78, 5) is 46.0. The number of likely N-dealkylation sites (tertiary alicyclic amines) is 2. The van der Waals surface area contributed by atoms with E-state index in [0.29, 0.717) is 24.6 Å². The van der Waals surface area contributed by atoms with Gasteiger partial charge in [-0.2, -0.15) is 13.2 Å². The summed E-state index contributed by atoms with van der Waals surface area (Å²) >= 11 is 5.82. The Labute approximate surface area is 227 Å². The summed E-state index contributed by atoms with van der Waals surface area (Å²) in [5.41, 5.74) is -0.515. The summed E-state index contributed by atoms with van der Waals surface area (Å²) in [6.07, 6.45) is -4.40. The fourth-order valence-electron chi connectivity index (χ4n) is 5.30. The van der Waals surface area contributed by atoms with E-state index in [-0.39, 0.29) is 49.3 Å². The van der Waals surface area contributed by atoms with Crippen LogP contribution in [0.4, 0.5) is 22.4 Å². The zero-order chi connectivity index (χ0) is 28.5. The molecule has 0 saturated carbocycles. The van der Waals surface area contributed by atoms with Crippen LogP contribution in [0.5, 0.6) is 0 Å². The summed E-state index contributed by atoms with van der Waals surface area (Å²) in [6, 6.07) is 5.57. The van der Waals surface area contributed by atoms with Crippen molar-refractivity contribution in [2.45, 2.75) is 37.9 Å². The third-order valence-electron chi connectivity index (χ3n) is 7.40. The Kier molecular flexibility index (Phi) is 8.34. The summed E-state index contributed by atoms with van der Waals surface area (Å²) in [5.74, 6) is -2.20. The number of carbonyl (C=O) groups excluding carboxylic acids is 2. The Morgan fingerprint density at radius 2 is 1.79 bits per heavy atom. The van der Waals surface area contributed by atoms with Gasteiger partial charge in [-0.15, -0.1) is 0 Å². The predicted molar refractivity (Wildman–Crippen MR) is 133 cm³/mol. The number of hydrogen-bond donors (Lipinski definition) is 1. The molecule has 8 nitrogen and oxygen atoms in total. The lowest BCUT2D eigenvalue weighted by atomic mass is 9.93. The standard InChI is InChI=1S/C26H27ClF4N4O4/c1-2-35(25(38)39)22-14-34(13-18(22)16-3-5-19(27)20(28)11-16)23(36)15-7-9-33(10-8-15)24(37)21-6-4-17(12-32-21)26(29,30)31/h3-6,11-12,15,18,22H,2,7-10,13-14H2,1H3,(H,38,39)/t18-,22+/m0/s1. The second-order valence-electron chi connectivity index (χ2n) is 9.66. The van der Waals surface area contributed by atoms with E-state index < -0.39 is 47.4 Å². The molecule has 3 heterocycles. The lowest BCUT2D eigenvalue weighted by Crippen LogP contribution is -2.46. The van der Waals surface area contributed by atoms with Crippen molar-refractivity contribution in [1.29, 1.82) is 0 Å². The predicted octanol–water partition coefficient (Wildman–Crippen LogP) is 4.74. The summed E-state index contributed by atoms with van der Waals surface area (Å²) in [5, 5.41) is 9.67. The Balaban J connectivity index is 1.43. The number of piperidine rings is 1. The van der Waals surface area contributed by atoms with Crippen molar-refractivity contribution >= 4 is 29.5 Å². The van der Waals surface area contributed by atoms with Crippen molar-refractivity contribution in [2.75, 3.05) is 32.7 Å².